The highest BCUT2D eigenvalue weighted by Crippen LogP contribution is 2.21. The van der Waals surface area contributed by atoms with Crippen LogP contribution in [0.3, 0.4) is 0 Å². The van der Waals surface area contributed by atoms with Crippen LogP contribution in [0.5, 0.6) is 0 Å². The number of nitrogens with zero attached hydrogens (tertiary/aromatic N) is 2. The lowest BCUT2D eigenvalue weighted by atomic mass is 10.1. The first-order valence-corrected chi connectivity index (χ1v) is 9.18. The molecule has 0 aromatic heterocycles. The molecule has 0 fully saturated rings. The topological polar surface area (TPSA) is 87.2 Å². The lowest BCUT2D eigenvalue weighted by Gasteiger charge is -2.22. The van der Waals surface area contributed by atoms with Crippen molar-refractivity contribution in [1.82, 2.24) is 4.31 Å². The maximum absolute atomic E-state index is 13.0. The molecule has 0 amide bonds. The number of nitriles is 1. The summed E-state index contributed by atoms with van der Waals surface area (Å²) in [6.07, 6.45) is 0.585. The predicted octanol–water partition coefficient (Wildman–Crippen LogP) is 2.41. The summed E-state index contributed by atoms with van der Waals surface area (Å²) in [5.74, 6) is 0. The number of hydrogen-bond acceptors (Lipinski definition) is 4. The smallest absolute Gasteiger partial charge is 0.243 e. The number of hydrogen-bond donors (Lipinski definition) is 1. The van der Waals surface area contributed by atoms with Crippen LogP contribution in [0.2, 0.25) is 0 Å². The second kappa shape index (κ2) is 8.06. The summed E-state index contributed by atoms with van der Waals surface area (Å²) in [5.41, 5.74) is 7.60. The molecule has 2 aromatic carbocycles. The maximum Gasteiger partial charge on any atom is 0.243 e. The summed E-state index contributed by atoms with van der Waals surface area (Å²) in [6, 6.07) is 16.1. The molecule has 24 heavy (non-hydrogen) atoms. The van der Waals surface area contributed by atoms with Gasteiger partial charge in [0.2, 0.25) is 10.0 Å². The van der Waals surface area contributed by atoms with Gasteiger partial charge in [-0.05, 0) is 49.2 Å². The molecule has 2 rings (SSSR count). The van der Waals surface area contributed by atoms with E-state index < -0.39 is 10.0 Å². The van der Waals surface area contributed by atoms with Gasteiger partial charge in [0.15, 0.2) is 0 Å². The van der Waals surface area contributed by atoms with Crippen LogP contribution < -0.4 is 5.73 Å². The summed E-state index contributed by atoms with van der Waals surface area (Å²) >= 11 is 0. The number of benzene rings is 2. The van der Waals surface area contributed by atoms with Gasteiger partial charge in [-0.15, -0.1) is 0 Å². The fourth-order valence-electron chi connectivity index (χ4n) is 2.41. The van der Waals surface area contributed by atoms with E-state index in [-0.39, 0.29) is 4.90 Å². The minimum atomic E-state index is -3.65. The van der Waals surface area contributed by atoms with E-state index in [0.717, 1.165) is 5.56 Å². The zero-order chi connectivity index (χ0) is 17.6. The van der Waals surface area contributed by atoms with E-state index >= 15 is 0 Å². The van der Waals surface area contributed by atoms with Gasteiger partial charge in [-0.25, -0.2) is 8.42 Å². The van der Waals surface area contributed by atoms with Gasteiger partial charge in [0.05, 0.1) is 16.5 Å². The minimum absolute atomic E-state index is 0.201. The molecule has 0 unspecified atom stereocenters. The van der Waals surface area contributed by atoms with Crippen molar-refractivity contribution in [3.63, 3.8) is 0 Å². The third-order valence-corrected chi connectivity index (χ3v) is 5.61. The van der Waals surface area contributed by atoms with Gasteiger partial charge in [-0.3, -0.25) is 0 Å². The van der Waals surface area contributed by atoms with Crippen LogP contribution in [0, 0.1) is 18.3 Å². The number of aryl methyl sites for hydroxylation is 1. The summed E-state index contributed by atoms with van der Waals surface area (Å²) in [7, 11) is -3.65. The van der Waals surface area contributed by atoms with Crippen molar-refractivity contribution >= 4 is 10.0 Å². The lowest BCUT2D eigenvalue weighted by Crippen LogP contribution is -2.32. The molecule has 0 saturated carbocycles. The molecule has 0 aliphatic heterocycles. The Morgan fingerprint density at radius 2 is 1.88 bits per heavy atom. The molecule has 2 N–H and O–H groups in total. The molecule has 0 radical (unpaired) electrons. The van der Waals surface area contributed by atoms with Crippen molar-refractivity contribution in [3.05, 3.63) is 65.2 Å². The van der Waals surface area contributed by atoms with E-state index in [1.807, 2.05) is 30.3 Å². The van der Waals surface area contributed by atoms with Gasteiger partial charge >= 0.3 is 0 Å². The normalized spacial score (nSPS) is 11.4. The quantitative estimate of drug-likeness (QED) is 0.836. The molecule has 0 bridgehead atoms. The van der Waals surface area contributed by atoms with Gasteiger partial charge in [-0.2, -0.15) is 9.57 Å². The van der Waals surface area contributed by atoms with Gasteiger partial charge in [-0.1, -0.05) is 30.3 Å². The molecule has 0 saturated heterocycles. The van der Waals surface area contributed by atoms with E-state index in [9.17, 15) is 8.42 Å². The Balaban J connectivity index is 2.36. The van der Waals surface area contributed by atoms with E-state index in [1.54, 1.807) is 19.1 Å². The molecule has 5 nitrogen and oxygen atoms in total. The van der Waals surface area contributed by atoms with Crippen LogP contribution in [0.4, 0.5) is 0 Å². The largest absolute Gasteiger partial charge is 0.330 e. The van der Waals surface area contributed by atoms with Crippen molar-refractivity contribution in [1.29, 1.82) is 5.26 Å². The van der Waals surface area contributed by atoms with Crippen LogP contribution in [0.1, 0.15) is 23.1 Å². The molecular weight excluding hydrogens is 322 g/mol. The molecule has 0 spiro atoms. The molecule has 2 aromatic rings. The maximum atomic E-state index is 13.0. The second-order valence-corrected chi connectivity index (χ2v) is 7.49. The van der Waals surface area contributed by atoms with E-state index in [1.165, 1.54) is 10.4 Å². The second-order valence-electron chi connectivity index (χ2n) is 5.55. The summed E-state index contributed by atoms with van der Waals surface area (Å²) in [5, 5.41) is 9.01. The Hall–Kier alpha value is -2.20. The molecule has 0 aliphatic rings. The van der Waals surface area contributed by atoms with Gasteiger partial charge in [0, 0.05) is 13.1 Å². The van der Waals surface area contributed by atoms with Crippen LogP contribution >= 0.6 is 0 Å². The number of nitrogens with two attached hydrogens (primary N) is 1. The van der Waals surface area contributed by atoms with Crippen molar-refractivity contribution in [3.8, 4) is 6.07 Å². The van der Waals surface area contributed by atoms with Crippen molar-refractivity contribution in [2.24, 2.45) is 5.73 Å². The van der Waals surface area contributed by atoms with E-state index in [2.05, 4.69) is 6.07 Å². The molecule has 126 valence electrons. The highest BCUT2D eigenvalue weighted by molar-refractivity contribution is 7.89. The third-order valence-electron chi connectivity index (χ3n) is 3.77. The first kappa shape index (κ1) is 18.1. The van der Waals surface area contributed by atoms with Crippen LogP contribution in [0.25, 0.3) is 0 Å². The summed E-state index contributed by atoms with van der Waals surface area (Å²) in [6.45, 7) is 2.81. The van der Waals surface area contributed by atoms with Crippen molar-refractivity contribution in [2.45, 2.75) is 24.8 Å². The van der Waals surface area contributed by atoms with Crippen LogP contribution in [0.15, 0.2) is 53.4 Å². The molecule has 0 atom stereocenters. The van der Waals surface area contributed by atoms with Gasteiger partial charge in [0.1, 0.15) is 0 Å². The Bertz CT molecular complexity index is 827. The summed E-state index contributed by atoms with van der Waals surface area (Å²) < 4.78 is 27.4. The average Bonchev–Trinajstić information content (AvgIpc) is 2.59. The Morgan fingerprint density at radius 1 is 1.17 bits per heavy atom. The fraction of sp³-hybridized carbons (Fsp3) is 0.278. The monoisotopic (exact) mass is 343 g/mol. The predicted molar refractivity (Wildman–Crippen MR) is 93.6 cm³/mol. The molecule has 6 heteroatoms. The lowest BCUT2D eigenvalue weighted by molar-refractivity contribution is 0.401. The Labute approximate surface area is 143 Å². The molecule has 0 heterocycles. The Morgan fingerprint density at radius 3 is 2.46 bits per heavy atom. The van der Waals surface area contributed by atoms with Crippen molar-refractivity contribution < 1.29 is 8.42 Å². The van der Waals surface area contributed by atoms with Crippen LogP contribution in [-0.2, 0) is 16.6 Å². The summed E-state index contributed by atoms with van der Waals surface area (Å²) in [4.78, 5) is 0.201. The standard InChI is InChI=1S/C18H21N3O2S/c1-15-12-18(9-8-17(15)13-20)24(22,23)21(11-5-10-19)14-16-6-3-2-4-7-16/h2-4,6-9,12H,5,10-11,14,19H2,1H3. The van der Waals surface area contributed by atoms with E-state index in [0.29, 0.717) is 37.2 Å². The SMILES string of the molecule is Cc1cc(S(=O)(=O)N(CCCN)Cc2ccccc2)ccc1C#N. The van der Waals surface area contributed by atoms with Crippen molar-refractivity contribution in [2.75, 3.05) is 13.1 Å². The first-order valence-electron chi connectivity index (χ1n) is 7.74. The average molecular weight is 343 g/mol. The minimum Gasteiger partial charge on any atom is -0.330 e. The highest BCUT2D eigenvalue weighted by atomic mass is 32.2. The molecular formula is C18H21N3O2S. The zero-order valence-electron chi connectivity index (χ0n) is 13.6. The highest BCUT2D eigenvalue weighted by Gasteiger charge is 2.24. The Kier molecular flexibility index (Phi) is 6.10. The van der Waals surface area contributed by atoms with Crippen LogP contribution in [-0.4, -0.2) is 25.8 Å². The zero-order valence-corrected chi connectivity index (χ0v) is 14.5. The van der Waals surface area contributed by atoms with Gasteiger partial charge < -0.3 is 5.73 Å². The third kappa shape index (κ3) is 4.20. The number of sulfonamides is 1. The fourth-order valence-corrected chi connectivity index (χ4v) is 3.96. The number of rotatable bonds is 7. The van der Waals surface area contributed by atoms with Gasteiger partial charge in [0.25, 0.3) is 0 Å². The van der Waals surface area contributed by atoms with E-state index in [4.69, 9.17) is 11.0 Å². The molecule has 0 aliphatic carbocycles. The first-order chi connectivity index (χ1) is 11.5.